The van der Waals surface area contributed by atoms with E-state index in [-0.39, 0.29) is 11.9 Å². The molecule has 0 unspecified atom stereocenters. The van der Waals surface area contributed by atoms with Crippen LogP contribution in [-0.2, 0) is 4.74 Å². The van der Waals surface area contributed by atoms with Gasteiger partial charge in [-0.3, -0.25) is 14.9 Å². The lowest BCUT2D eigenvalue weighted by Gasteiger charge is -2.27. The summed E-state index contributed by atoms with van der Waals surface area (Å²) in [5, 5.41) is 6.85. The minimum atomic E-state index is -0.244. The molecule has 3 aromatic rings. The minimum absolute atomic E-state index is 0.0798. The molecule has 3 rings (SSSR count). The van der Waals surface area contributed by atoms with E-state index in [1.165, 1.54) is 0 Å². The Balaban J connectivity index is 1.80. The quantitative estimate of drug-likeness (QED) is 0.751. The normalized spacial score (nSPS) is 11.9. The Morgan fingerprint density at radius 3 is 2.56 bits per heavy atom. The van der Waals surface area contributed by atoms with Crippen LogP contribution in [0.1, 0.15) is 22.1 Å². The summed E-state index contributed by atoms with van der Waals surface area (Å²) in [4.78, 5) is 18.9. The molecular weight excluding hydrogens is 316 g/mol. The van der Waals surface area contributed by atoms with Crippen LogP contribution in [-0.4, -0.2) is 46.8 Å². The Kier molecular flexibility index (Phi) is 5.20. The molecule has 6 nitrogen and oxygen atoms in total. The molecule has 0 bridgehead atoms. The molecule has 128 valence electrons. The highest BCUT2D eigenvalue weighted by Gasteiger charge is 2.23. The van der Waals surface area contributed by atoms with Gasteiger partial charge in [0.15, 0.2) is 0 Å². The molecule has 0 aliphatic carbocycles. The van der Waals surface area contributed by atoms with Crippen molar-refractivity contribution in [1.29, 1.82) is 0 Å². The Morgan fingerprint density at radius 1 is 1.16 bits per heavy atom. The summed E-state index contributed by atoms with van der Waals surface area (Å²) in [6.45, 7) is 0.380. The summed E-state index contributed by atoms with van der Waals surface area (Å²) in [5.41, 5.74) is 3.31. The number of rotatable bonds is 6. The number of amides is 1. The standard InChI is InChI=1S/C19H20N4O2/c1-23(18(13-25-2)17-5-3-4-11-20-17)19(24)15-8-6-14(7-9-15)16-10-12-21-22-16/h3-12,18H,13H2,1-2H3,(H,21,22)/t18-/m1/s1. The zero-order valence-corrected chi connectivity index (χ0v) is 14.2. The predicted octanol–water partition coefficient (Wildman–Crippen LogP) is 2.93. The van der Waals surface area contributed by atoms with Gasteiger partial charge in [0, 0.05) is 32.1 Å². The SMILES string of the molecule is COC[C@H](c1ccccn1)N(C)C(=O)c1ccc(-c2ccn[nH]2)cc1. The highest BCUT2D eigenvalue weighted by molar-refractivity contribution is 5.94. The molecule has 0 saturated carbocycles. The molecule has 2 aromatic heterocycles. The lowest BCUT2D eigenvalue weighted by molar-refractivity contribution is 0.0595. The maximum atomic E-state index is 12.9. The molecule has 1 amide bonds. The van der Waals surface area contributed by atoms with Crippen molar-refractivity contribution in [2.24, 2.45) is 0 Å². The molecule has 1 N–H and O–H groups in total. The van der Waals surface area contributed by atoms with Crippen molar-refractivity contribution in [3.05, 3.63) is 72.2 Å². The van der Waals surface area contributed by atoms with Crippen molar-refractivity contribution in [2.45, 2.75) is 6.04 Å². The van der Waals surface area contributed by atoms with E-state index in [1.807, 2.05) is 48.5 Å². The van der Waals surface area contributed by atoms with Gasteiger partial charge in [0.1, 0.15) is 0 Å². The molecule has 0 radical (unpaired) electrons. The van der Waals surface area contributed by atoms with Crippen LogP contribution in [0.25, 0.3) is 11.3 Å². The molecule has 0 aliphatic rings. The predicted molar refractivity (Wildman–Crippen MR) is 95.0 cm³/mol. The molecule has 6 heteroatoms. The monoisotopic (exact) mass is 336 g/mol. The summed E-state index contributed by atoms with van der Waals surface area (Å²) < 4.78 is 5.29. The molecular formula is C19H20N4O2. The zero-order chi connectivity index (χ0) is 17.6. The lowest BCUT2D eigenvalue weighted by atomic mass is 10.1. The van der Waals surface area contributed by atoms with E-state index < -0.39 is 0 Å². The van der Waals surface area contributed by atoms with Crippen LogP contribution in [0.3, 0.4) is 0 Å². The summed E-state index contributed by atoms with van der Waals surface area (Å²) in [7, 11) is 3.39. The first-order chi connectivity index (χ1) is 12.2. The Morgan fingerprint density at radius 2 is 1.96 bits per heavy atom. The minimum Gasteiger partial charge on any atom is -0.382 e. The van der Waals surface area contributed by atoms with Gasteiger partial charge in [-0.2, -0.15) is 5.10 Å². The van der Waals surface area contributed by atoms with Crippen molar-refractivity contribution in [3.8, 4) is 11.3 Å². The Hall–Kier alpha value is -2.99. The molecule has 0 saturated heterocycles. The van der Waals surface area contributed by atoms with Crippen LogP contribution >= 0.6 is 0 Å². The van der Waals surface area contributed by atoms with Crippen LogP contribution in [0.2, 0.25) is 0 Å². The number of ether oxygens (including phenoxy) is 1. The average Bonchev–Trinajstić information content (AvgIpc) is 3.20. The topological polar surface area (TPSA) is 71.1 Å². The second-order valence-corrected chi connectivity index (χ2v) is 5.69. The number of hydrogen-bond acceptors (Lipinski definition) is 4. The number of methoxy groups -OCH3 is 1. The largest absolute Gasteiger partial charge is 0.382 e. The number of pyridine rings is 1. The van der Waals surface area contributed by atoms with Gasteiger partial charge in [0.05, 0.1) is 24.0 Å². The third-order valence-electron chi connectivity index (χ3n) is 4.09. The van der Waals surface area contributed by atoms with Gasteiger partial charge in [-0.1, -0.05) is 18.2 Å². The molecule has 0 fully saturated rings. The number of H-pyrrole nitrogens is 1. The molecule has 1 aromatic carbocycles. The number of benzene rings is 1. The number of nitrogens with one attached hydrogen (secondary N) is 1. The van der Waals surface area contributed by atoms with Gasteiger partial charge in [0.2, 0.25) is 0 Å². The second-order valence-electron chi connectivity index (χ2n) is 5.69. The Bertz CT molecular complexity index is 801. The van der Waals surface area contributed by atoms with Crippen molar-refractivity contribution >= 4 is 5.91 Å². The van der Waals surface area contributed by atoms with Crippen molar-refractivity contribution in [1.82, 2.24) is 20.1 Å². The molecule has 2 heterocycles. The van der Waals surface area contributed by atoms with E-state index in [0.29, 0.717) is 12.2 Å². The third kappa shape index (κ3) is 3.75. The summed E-state index contributed by atoms with van der Waals surface area (Å²) in [5.74, 6) is -0.0798. The van der Waals surface area contributed by atoms with Gasteiger partial charge in [0.25, 0.3) is 5.91 Å². The third-order valence-corrected chi connectivity index (χ3v) is 4.09. The van der Waals surface area contributed by atoms with E-state index >= 15 is 0 Å². The molecule has 0 aliphatic heterocycles. The van der Waals surface area contributed by atoms with Crippen molar-refractivity contribution < 1.29 is 9.53 Å². The van der Waals surface area contributed by atoms with E-state index in [9.17, 15) is 4.79 Å². The number of likely N-dealkylation sites (N-methyl/N-ethyl adjacent to an activating group) is 1. The first kappa shape index (κ1) is 16.9. The molecule has 0 spiro atoms. The fourth-order valence-electron chi connectivity index (χ4n) is 2.68. The number of nitrogens with zero attached hydrogens (tertiary/aromatic N) is 3. The van der Waals surface area contributed by atoms with E-state index in [1.54, 1.807) is 31.5 Å². The van der Waals surface area contributed by atoms with Gasteiger partial charge < -0.3 is 9.64 Å². The van der Waals surface area contributed by atoms with Crippen LogP contribution in [0.4, 0.5) is 0 Å². The van der Waals surface area contributed by atoms with Gasteiger partial charge in [-0.25, -0.2) is 0 Å². The first-order valence-electron chi connectivity index (χ1n) is 7.97. The summed E-state index contributed by atoms with van der Waals surface area (Å²) in [6.07, 6.45) is 3.42. The summed E-state index contributed by atoms with van der Waals surface area (Å²) >= 11 is 0. The van der Waals surface area contributed by atoms with E-state index in [4.69, 9.17) is 4.74 Å². The van der Waals surface area contributed by atoms with Crippen LogP contribution in [0.5, 0.6) is 0 Å². The number of carbonyl (C=O) groups excluding carboxylic acids is 1. The number of carbonyl (C=O) groups is 1. The van der Waals surface area contributed by atoms with Gasteiger partial charge in [-0.05, 0) is 35.9 Å². The van der Waals surface area contributed by atoms with E-state index in [0.717, 1.165) is 17.0 Å². The zero-order valence-electron chi connectivity index (χ0n) is 14.2. The average molecular weight is 336 g/mol. The van der Waals surface area contributed by atoms with Crippen molar-refractivity contribution in [2.75, 3.05) is 20.8 Å². The van der Waals surface area contributed by atoms with E-state index in [2.05, 4.69) is 15.2 Å². The van der Waals surface area contributed by atoms with Crippen molar-refractivity contribution in [3.63, 3.8) is 0 Å². The maximum Gasteiger partial charge on any atom is 0.254 e. The van der Waals surface area contributed by atoms with Gasteiger partial charge >= 0.3 is 0 Å². The Labute approximate surface area is 146 Å². The fourth-order valence-corrected chi connectivity index (χ4v) is 2.68. The molecule has 1 atom stereocenters. The van der Waals surface area contributed by atoms with Crippen LogP contribution < -0.4 is 0 Å². The van der Waals surface area contributed by atoms with Crippen LogP contribution in [0.15, 0.2) is 60.9 Å². The second kappa shape index (κ2) is 7.72. The fraction of sp³-hybridized carbons (Fsp3) is 0.211. The summed E-state index contributed by atoms with van der Waals surface area (Å²) in [6, 6.07) is 14.7. The highest BCUT2D eigenvalue weighted by Crippen LogP contribution is 2.22. The number of aromatic nitrogens is 3. The molecule has 25 heavy (non-hydrogen) atoms. The number of aromatic amines is 1. The van der Waals surface area contributed by atoms with Gasteiger partial charge in [-0.15, -0.1) is 0 Å². The lowest BCUT2D eigenvalue weighted by Crippen LogP contribution is -2.34. The van der Waals surface area contributed by atoms with Crippen LogP contribution in [0, 0.1) is 0 Å². The first-order valence-corrected chi connectivity index (χ1v) is 7.97. The number of hydrogen-bond donors (Lipinski definition) is 1. The smallest absolute Gasteiger partial charge is 0.254 e. The highest BCUT2D eigenvalue weighted by atomic mass is 16.5. The maximum absolute atomic E-state index is 12.9.